The standard InChI is InChI=1S/C11H13F3N2O2/c1-18-6-9(15)10(17)16-8-4-2-3-7(5-8)11(12,13)14/h2-5,9H,6,15H2,1H3,(H,16,17). The van der Waals surface area contributed by atoms with Crippen LogP contribution in [0, 0.1) is 0 Å². The molecule has 18 heavy (non-hydrogen) atoms. The fourth-order valence-electron chi connectivity index (χ4n) is 1.26. The molecule has 4 nitrogen and oxygen atoms in total. The third-order valence-electron chi connectivity index (χ3n) is 2.14. The molecule has 7 heteroatoms. The number of alkyl halides is 3. The number of nitrogens with two attached hydrogens (primary N) is 1. The van der Waals surface area contributed by atoms with Crippen molar-refractivity contribution in [2.75, 3.05) is 19.0 Å². The molecule has 0 saturated carbocycles. The fourth-order valence-corrected chi connectivity index (χ4v) is 1.26. The molecule has 0 bridgehead atoms. The van der Waals surface area contributed by atoms with E-state index in [1.165, 1.54) is 19.2 Å². The maximum absolute atomic E-state index is 12.4. The molecular weight excluding hydrogens is 249 g/mol. The number of anilines is 1. The Balaban J connectivity index is 2.77. The van der Waals surface area contributed by atoms with Gasteiger partial charge in [0, 0.05) is 12.8 Å². The second-order valence-corrected chi connectivity index (χ2v) is 3.63. The lowest BCUT2D eigenvalue weighted by Gasteiger charge is -2.13. The molecule has 100 valence electrons. The van der Waals surface area contributed by atoms with E-state index in [-0.39, 0.29) is 12.3 Å². The van der Waals surface area contributed by atoms with E-state index in [1.807, 2.05) is 0 Å². The van der Waals surface area contributed by atoms with Gasteiger partial charge in [-0.3, -0.25) is 4.79 Å². The highest BCUT2D eigenvalue weighted by atomic mass is 19.4. The van der Waals surface area contributed by atoms with Gasteiger partial charge >= 0.3 is 6.18 Å². The minimum atomic E-state index is -4.45. The molecule has 1 rings (SSSR count). The van der Waals surface area contributed by atoms with Gasteiger partial charge in [0.15, 0.2) is 0 Å². The van der Waals surface area contributed by atoms with Gasteiger partial charge in [-0.25, -0.2) is 0 Å². The highest BCUT2D eigenvalue weighted by Gasteiger charge is 2.30. The van der Waals surface area contributed by atoms with E-state index in [2.05, 4.69) is 10.1 Å². The van der Waals surface area contributed by atoms with Gasteiger partial charge in [-0.15, -0.1) is 0 Å². The number of hydrogen-bond donors (Lipinski definition) is 2. The van der Waals surface area contributed by atoms with Gasteiger partial charge in [0.25, 0.3) is 0 Å². The first-order valence-electron chi connectivity index (χ1n) is 5.07. The van der Waals surface area contributed by atoms with Crippen molar-refractivity contribution in [2.45, 2.75) is 12.2 Å². The fraction of sp³-hybridized carbons (Fsp3) is 0.364. The molecule has 1 aromatic rings. The normalized spacial score (nSPS) is 13.2. The Morgan fingerprint density at radius 3 is 2.72 bits per heavy atom. The number of halogens is 3. The molecule has 1 atom stereocenters. The largest absolute Gasteiger partial charge is 0.416 e. The van der Waals surface area contributed by atoms with Crippen LogP contribution < -0.4 is 11.1 Å². The zero-order chi connectivity index (χ0) is 13.8. The summed E-state index contributed by atoms with van der Waals surface area (Å²) in [6.07, 6.45) is -4.45. The van der Waals surface area contributed by atoms with Crippen LogP contribution in [0.3, 0.4) is 0 Å². The average Bonchev–Trinajstić information content (AvgIpc) is 2.28. The van der Waals surface area contributed by atoms with Crippen LogP contribution in [-0.4, -0.2) is 25.7 Å². The molecule has 0 radical (unpaired) electrons. The summed E-state index contributed by atoms with van der Waals surface area (Å²) in [6, 6.07) is 3.40. The van der Waals surface area contributed by atoms with Crippen molar-refractivity contribution in [2.24, 2.45) is 5.73 Å². The number of carbonyl (C=O) groups is 1. The molecule has 1 aromatic carbocycles. The van der Waals surface area contributed by atoms with E-state index in [4.69, 9.17) is 5.73 Å². The van der Waals surface area contributed by atoms with Gasteiger partial charge < -0.3 is 15.8 Å². The third kappa shape index (κ3) is 4.01. The summed E-state index contributed by atoms with van der Waals surface area (Å²) in [7, 11) is 1.37. The van der Waals surface area contributed by atoms with E-state index >= 15 is 0 Å². The van der Waals surface area contributed by atoms with Crippen molar-refractivity contribution in [3.63, 3.8) is 0 Å². The van der Waals surface area contributed by atoms with Gasteiger partial charge in [-0.05, 0) is 18.2 Å². The van der Waals surface area contributed by atoms with Crippen molar-refractivity contribution in [3.05, 3.63) is 29.8 Å². The first-order chi connectivity index (χ1) is 8.34. The molecule has 0 aromatic heterocycles. The molecule has 3 N–H and O–H groups in total. The number of benzene rings is 1. The predicted molar refractivity (Wildman–Crippen MR) is 59.9 cm³/mol. The van der Waals surface area contributed by atoms with E-state index in [0.29, 0.717) is 0 Å². The summed E-state index contributed by atoms with van der Waals surface area (Å²) >= 11 is 0. The maximum atomic E-state index is 12.4. The molecule has 0 fully saturated rings. The highest BCUT2D eigenvalue weighted by molar-refractivity contribution is 5.94. The summed E-state index contributed by atoms with van der Waals surface area (Å²) < 4.78 is 42.0. The molecule has 0 aliphatic heterocycles. The van der Waals surface area contributed by atoms with E-state index in [9.17, 15) is 18.0 Å². The molecule has 0 aliphatic carbocycles. The van der Waals surface area contributed by atoms with Crippen LogP contribution >= 0.6 is 0 Å². The van der Waals surface area contributed by atoms with Crippen LogP contribution in [0.15, 0.2) is 24.3 Å². The van der Waals surface area contributed by atoms with Crippen molar-refractivity contribution < 1.29 is 22.7 Å². The van der Waals surface area contributed by atoms with Crippen LogP contribution in [0.1, 0.15) is 5.56 Å². The Morgan fingerprint density at radius 1 is 1.50 bits per heavy atom. The van der Waals surface area contributed by atoms with Crippen LogP contribution in [0.5, 0.6) is 0 Å². The van der Waals surface area contributed by atoms with Gasteiger partial charge in [0.2, 0.25) is 5.91 Å². The van der Waals surface area contributed by atoms with Gasteiger partial charge in [-0.2, -0.15) is 13.2 Å². The van der Waals surface area contributed by atoms with Gasteiger partial charge in [0.1, 0.15) is 6.04 Å². The Kier molecular flexibility index (Phi) is 4.69. The number of amides is 1. The second kappa shape index (κ2) is 5.83. The van der Waals surface area contributed by atoms with Gasteiger partial charge in [-0.1, -0.05) is 6.07 Å². The monoisotopic (exact) mass is 262 g/mol. The summed E-state index contributed by atoms with van der Waals surface area (Å²) in [4.78, 5) is 11.5. The second-order valence-electron chi connectivity index (χ2n) is 3.63. The first-order valence-corrected chi connectivity index (χ1v) is 5.07. The Bertz CT molecular complexity index is 421. The van der Waals surface area contributed by atoms with E-state index in [1.54, 1.807) is 0 Å². The number of carbonyl (C=O) groups excluding carboxylic acids is 1. The average molecular weight is 262 g/mol. The van der Waals surface area contributed by atoms with Crippen molar-refractivity contribution in [1.82, 2.24) is 0 Å². The zero-order valence-corrected chi connectivity index (χ0v) is 9.62. The first kappa shape index (κ1) is 14.5. The SMILES string of the molecule is COCC(N)C(=O)Nc1cccc(C(F)(F)F)c1. The molecule has 0 aliphatic rings. The summed E-state index contributed by atoms with van der Waals surface area (Å²) in [5.41, 5.74) is 4.65. The Morgan fingerprint density at radius 2 is 2.17 bits per heavy atom. The van der Waals surface area contributed by atoms with E-state index in [0.717, 1.165) is 12.1 Å². The lowest BCUT2D eigenvalue weighted by Crippen LogP contribution is -2.39. The predicted octanol–water partition coefficient (Wildman–Crippen LogP) is 1.62. The van der Waals surface area contributed by atoms with Crippen molar-refractivity contribution in [1.29, 1.82) is 0 Å². The Hall–Kier alpha value is -1.60. The number of hydrogen-bond acceptors (Lipinski definition) is 3. The molecule has 1 amide bonds. The number of methoxy groups -OCH3 is 1. The maximum Gasteiger partial charge on any atom is 0.416 e. The van der Waals surface area contributed by atoms with Crippen LogP contribution in [-0.2, 0) is 15.7 Å². The number of rotatable bonds is 4. The van der Waals surface area contributed by atoms with Crippen molar-refractivity contribution >= 4 is 11.6 Å². The van der Waals surface area contributed by atoms with Gasteiger partial charge in [0.05, 0.1) is 12.2 Å². The number of nitrogens with one attached hydrogen (secondary N) is 1. The summed E-state index contributed by atoms with van der Waals surface area (Å²) in [5, 5.41) is 2.30. The zero-order valence-electron chi connectivity index (χ0n) is 9.62. The minimum absolute atomic E-state index is 0.00913. The molecule has 1 unspecified atom stereocenters. The quantitative estimate of drug-likeness (QED) is 0.866. The third-order valence-corrected chi connectivity index (χ3v) is 2.14. The molecule has 0 saturated heterocycles. The highest BCUT2D eigenvalue weighted by Crippen LogP contribution is 2.30. The lowest BCUT2D eigenvalue weighted by molar-refractivity contribution is -0.137. The van der Waals surface area contributed by atoms with E-state index < -0.39 is 23.7 Å². The number of ether oxygens (including phenoxy) is 1. The summed E-state index contributed by atoms with van der Waals surface area (Å²) in [5.74, 6) is -0.601. The summed E-state index contributed by atoms with van der Waals surface area (Å²) in [6.45, 7) is -0.00913. The molecule has 0 spiro atoms. The smallest absolute Gasteiger partial charge is 0.383 e. The molecular formula is C11H13F3N2O2. The Labute approximate surface area is 102 Å². The lowest BCUT2D eigenvalue weighted by atomic mass is 10.2. The van der Waals surface area contributed by atoms with Crippen molar-refractivity contribution in [3.8, 4) is 0 Å². The minimum Gasteiger partial charge on any atom is -0.383 e. The van der Waals surface area contributed by atoms with Crippen LogP contribution in [0.25, 0.3) is 0 Å². The van der Waals surface area contributed by atoms with Crippen LogP contribution in [0.4, 0.5) is 18.9 Å². The topological polar surface area (TPSA) is 64.3 Å². The molecule has 0 heterocycles. The van der Waals surface area contributed by atoms with Crippen LogP contribution in [0.2, 0.25) is 0 Å².